The number of rotatable bonds is 2. The molecule has 3 nitrogen and oxygen atoms in total. The molecule has 0 fully saturated rings. The molecule has 0 amide bonds. The van der Waals surface area contributed by atoms with Crippen LogP contribution in [0.2, 0.25) is 0 Å². The molecule has 0 saturated carbocycles. The minimum absolute atomic E-state index is 0.876. The molecule has 4 aromatic carbocycles. The van der Waals surface area contributed by atoms with E-state index in [1.807, 2.05) is 0 Å². The van der Waals surface area contributed by atoms with Gasteiger partial charge in [-0.1, -0.05) is 69.8 Å². The number of benzene rings is 4. The lowest BCUT2D eigenvalue weighted by Crippen LogP contribution is -2.03. The molecule has 0 N–H and O–H groups in total. The largest absolute Gasteiger partial charge is 0.294 e. The molecular formula is C29H15Br4N3. The highest BCUT2D eigenvalue weighted by molar-refractivity contribution is 9.11. The van der Waals surface area contributed by atoms with Crippen LogP contribution in [-0.4, -0.2) is 14.1 Å². The molecule has 7 heteroatoms. The van der Waals surface area contributed by atoms with Gasteiger partial charge in [-0.25, -0.2) is 4.98 Å². The van der Waals surface area contributed by atoms with Gasteiger partial charge in [0.2, 0.25) is 0 Å². The summed E-state index contributed by atoms with van der Waals surface area (Å²) in [6.45, 7) is 0. The van der Waals surface area contributed by atoms with Crippen molar-refractivity contribution in [2.75, 3.05) is 0 Å². The molecular weight excluding hydrogens is 710 g/mol. The quantitative estimate of drug-likeness (QED) is 0.174. The summed E-state index contributed by atoms with van der Waals surface area (Å²) in [6, 6.07) is 31.9. The Bertz CT molecular complexity index is 1740. The molecule has 7 aromatic rings. The lowest BCUT2D eigenvalue weighted by atomic mass is 10.2. The third-order valence-electron chi connectivity index (χ3n) is 6.56. The average Bonchev–Trinajstić information content (AvgIpc) is 3.35. The fourth-order valence-corrected chi connectivity index (χ4v) is 6.53. The molecule has 3 heterocycles. The van der Waals surface area contributed by atoms with E-state index in [0.29, 0.717) is 0 Å². The molecule has 0 bridgehead atoms. The second kappa shape index (κ2) is 8.55. The zero-order valence-corrected chi connectivity index (χ0v) is 24.9. The van der Waals surface area contributed by atoms with Crippen molar-refractivity contribution in [1.82, 2.24) is 14.1 Å². The van der Waals surface area contributed by atoms with Gasteiger partial charge in [-0.3, -0.25) is 9.13 Å². The Morgan fingerprint density at radius 3 is 1.03 bits per heavy atom. The van der Waals surface area contributed by atoms with Crippen molar-refractivity contribution in [1.29, 1.82) is 0 Å². The van der Waals surface area contributed by atoms with E-state index < -0.39 is 0 Å². The Balaban J connectivity index is 1.54. The summed E-state index contributed by atoms with van der Waals surface area (Å²) in [7, 11) is 0. The van der Waals surface area contributed by atoms with Crippen molar-refractivity contribution in [3.05, 3.63) is 109 Å². The Labute approximate surface area is 240 Å². The molecule has 0 aliphatic carbocycles. The molecule has 36 heavy (non-hydrogen) atoms. The highest BCUT2D eigenvalue weighted by Gasteiger charge is 2.17. The van der Waals surface area contributed by atoms with Crippen LogP contribution in [0.15, 0.2) is 109 Å². The molecule has 0 unspecified atom stereocenters. The summed E-state index contributed by atoms with van der Waals surface area (Å²) in [4.78, 5) is 5.23. The normalized spacial score (nSPS) is 11.9. The Morgan fingerprint density at radius 2 is 0.722 bits per heavy atom. The zero-order chi connectivity index (χ0) is 24.6. The standard InChI is InChI=1S/C29H15Br4N3/c30-16-4-8-24-20(12-16)21-13-17(31)5-9-25(21)35(24)28-2-1-3-29(34-28)36-26-10-6-18(32)14-22(26)23-15-19(33)7-11-27(23)36/h1-15H. The first kappa shape index (κ1) is 22.7. The Morgan fingerprint density at radius 1 is 0.417 bits per heavy atom. The summed E-state index contributed by atoms with van der Waals surface area (Å²) in [6.07, 6.45) is 0. The summed E-state index contributed by atoms with van der Waals surface area (Å²) in [5.41, 5.74) is 4.47. The SMILES string of the molecule is Brc1ccc2c(c1)c1cc(Br)ccc1n2-c1cccc(-n2c3ccc(Br)cc3c3cc(Br)ccc32)n1. The van der Waals surface area contributed by atoms with Crippen molar-refractivity contribution in [2.45, 2.75) is 0 Å². The van der Waals surface area contributed by atoms with E-state index in [4.69, 9.17) is 4.98 Å². The van der Waals surface area contributed by atoms with Crippen molar-refractivity contribution >= 4 is 107 Å². The number of halogens is 4. The van der Waals surface area contributed by atoms with Crippen molar-refractivity contribution < 1.29 is 0 Å². The second-order valence-electron chi connectivity index (χ2n) is 8.67. The number of fused-ring (bicyclic) bond motifs is 6. The number of hydrogen-bond acceptors (Lipinski definition) is 1. The van der Waals surface area contributed by atoms with Gasteiger partial charge in [0.25, 0.3) is 0 Å². The Hall–Kier alpha value is -2.45. The van der Waals surface area contributed by atoms with Crippen molar-refractivity contribution in [3.8, 4) is 11.6 Å². The fraction of sp³-hybridized carbons (Fsp3) is 0. The maximum absolute atomic E-state index is 5.23. The number of pyridine rings is 1. The zero-order valence-electron chi connectivity index (χ0n) is 18.5. The molecule has 174 valence electrons. The second-order valence-corrected chi connectivity index (χ2v) is 12.3. The molecule has 0 saturated heterocycles. The summed E-state index contributed by atoms with van der Waals surface area (Å²) in [5, 5.41) is 4.72. The number of aromatic nitrogens is 3. The first-order valence-electron chi connectivity index (χ1n) is 11.2. The molecule has 0 spiro atoms. The number of nitrogens with zero attached hydrogens (tertiary/aromatic N) is 3. The van der Waals surface area contributed by atoms with Gasteiger partial charge in [-0.05, 0) is 84.9 Å². The minimum Gasteiger partial charge on any atom is -0.294 e. The summed E-state index contributed by atoms with van der Waals surface area (Å²) in [5.74, 6) is 1.75. The predicted octanol–water partition coefficient (Wildman–Crippen LogP) is 10.3. The Kier molecular flexibility index (Phi) is 5.40. The van der Waals surface area contributed by atoms with Crippen molar-refractivity contribution in [3.63, 3.8) is 0 Å². The lowest BCUT2D eigenvalue weighted by molar-refractivity contribution is 1.01. The van der Waals surface area contributed by atoms with E-state index in [-0.39, 0.29) is 0 Å². The molecule has 3 aromatic heterocycles. The van der Waals surface area contributed by atoms with Crippen LogP contribution < -0.4 is 0 Å². The lowest BCUT2D eigenvalue weighted by Gasteiger charge is -2.11. The maximum Gasteiger partial charge on any atom is 0.140 e. The van der Waals surface area contributed by atoms with Crippen LogP contribution in [0.5, 0.6) is 0 Å². The maximum atomic E-state index is 5.23. The van der Waals surface area contributed by atoms with Crippen LogP contribution in [0, 0.1) is 0 Å². The monoisotopic (exact) mass is 721 g/mol. The van der Waals surface area contributed by atoms with Crippen LogP contribution in [0.3, 0.4) is 0 Å². The van der Waals surface area contributed by atoms with Gasteiger partial charge in [0, 0.05) is 39.4 Å². The van der Waals surface area contributed by atoms with Crippen molar-refractivity contribution in [2.24, 2.45) is 0 Å². The highest BCUT2D eigenvalue weighted by atomic mass is 79.9. The fourth-order valence-electron chi connectivity index (χ4n) is 5.09. The molecule has 7 rings (SSSR count). The predicted molar refractivity (Wildman–Crippen MR) is 164 cm³/mol. The van der Waals surface area contributed by atoms with Crippen LogP contribution in [0.4, 0.5) is 0 Å². The van der Waals surface area contributed by atoms with Gasteiger partial charge < -0.3 is 0 Å². The molecule has 0 aliphatic heterocycles. The molecule has 0 radical (unpaired) electrons. The smallest absolute Gasteiger partial charge is 0.140 e. The van der Waals surface area contributed by atoms with Crippen LogP contribution in [-0.2, 0) is 0 Å². The summed E-state index contributed by atoms with van der Waals surface area (Å²) >= 11 is 14.6. The third-order valence-corrected chi connectivity index (χ3v) is 8.53. The van der Waals surface area contributed by atoms with Gasteiger partial charge in [-0.15, -0.1) is 0 Å². The van der Waals surface area contributed by atoms with Gasteiger partial charge >= 0.3 is 0 Å². The highest BCUT2D eigenvalue weighted by Crippen LogP contribution is 2.37. The average molecular weight is 725 g/mol. The topological polar surface area (TPSA) is 22.8 Å². The van der Waals surface area contributed by atoms with Gasteiger partial charge in [0.1, 0.15) is 11.6 Å². The van der Waals surface area contributed by atoms with E-state index in [0.717, 1.165) is 51.6 Å². The molecule has 0 aliphatic rings. The van der Waals surface area contributed by atoms with E-state index in [1.54, 1.807) is 0 Å². The first-order chi connectivity index (χ1) is 17.5. The van der Waals surface area contributed by atoms with Gasteiger partial charge in [0.05, 0.1) is 22.1 Å². The van der Waals surface area contributed by atoms with Gasteiger partial charge in [-0.2, -0.15) is 0 Å². The number of hydrogen-bond donors (Lipinski definition) is 0. The third kappa shape index (κ3) is 3.51. The molecule has 0 atom stereocenters. The van der Waals surface area contributed by atoms with Crippen LogP contribution >= 0.6 is 63.7 Å². The first-order valence-corrected chi connectivity index (χ1v) is 14.4. The van der Waals surface area contributed by atoms with Crippen LogP contribution in [0.1, 0.15) is 0 Å². The van der Waals surface area contributed by atoms with E-state index >= 15 is 0 Å². The minimum atomic E-state index is 0.876. The van der Waals surface area contributed by atoms with E-state index in [9.17, 15) is 0 Å². The van der Waals surface area contributed by atoms with Gasteiger partial charge in [0.15, 0.2) is 0 Å². The van der Waals surface area contributed by atoms with Crippen LogP contribution in [0.25, 0.3) is 55.2 Å². The van der Waals surface area contributed by atoms with E-state index in [2.05, 4.69) is 164 Å². The van der Waals surface area contributed by atoms with E-state index in [1.165, 1.54) is 21.5 Å². The summed E-state index contributed by atoms with van der Waals surface area (Å²) < 4.78 is 8.70.